The van der Waals surface area contributed by atoms with E-state index in [1.165, 1.54) is 22.3 Å². The van der Waals surface area contributed by atoms with Crippen LogP contribution >= 0.6 is 63.7 Å². The molecule has 2 N–H and O–H groups in total. The molecule has 4 aromatic carbocycles. The summed E-state index contributed by atoms with van der Waals surface area (Å²) in [7, 11) is 0. The minimum absolute atomic E-state index is 0.807. The maximum atomic E-state index is 5.30. The van der Waals surface area contributed by atoms with Gasteiger partial charge in [0.2, 0.25) is 0 Å². The van der Waals surface area contributed by atoms with Crippen LogP contribution in [0, 0.1) is 0 Å². The number of alkyl halides is 4. The molecule has 0 radical (unpaired) electrons. The molecule has 2 aliphatic heterocycles. The number of H-pyrrole nitrogens is 2. The van der Waals surface area contributed by atoms with Gasteiger partial charge in [-0.25, -0.2) is 9.97 Å². The van der Waals surface area contributed by atoms with Gasteiger partial charge in [-0.1, -0.05) is 161 Å². The van der Waals surface area contributed by atoms with Gasteiger partial charge in [-0.05, 0) is 93.1 Å². The van der Waals surface area contributed by atoms with Gasteiger partial charge < -0.3 is 9.97 Å². The number of fused-ring (bicyclic) bond motifs is 10. The van der Waals surface area contributed by atoms with Crippen molar-refractivity contribution in [1.82, 2.24) is 19.9 Å². The highest BCUT2D eigenvalue weighted by Gasteiger charge is 2.18. The average molecular weight is 986 g/mol. The molecule has 7 aromatic rings. The standard InChI is InChI=1S/C48H34Br4N4/c49-25-29-1-9-33(10-2-29)37-21-45-46-22-38(34-11-3-30(26-50)4-12-34)43(54-46)19-20-44-40(36-15-7-32(28-52)8-16-36)24-48(56-44)47-23-39(35-13-5-31(27-51)6-14-35)42(55-47)18-17-41(37)53-45/h1-24,53,56H,25-28H2. The van der Waals surface area contributed by atoms with E-state index in [1.54, 1.807) is 0 Å². The minimum Gasteiger partial charge on any atom is -0.353 e. The summed E-state index contributed by atoms with van der Waals surface area (Å²) in [4.78, 5) is 18.1. The molecule has 0 aliphatic carbocycles. The second-order valence-corrected chi connectivity index (χ2v) is 16.1. The third-order valence-corrected chi connectivity index (χ3v) is 12.9. The summed E-state index contributed by atoms with van der Waals surface area (Å²) in [6.45, 7) is 0. The molecule has 8 heteroatoms. The van der Waals surface area contributed by atoms with Crippen LogP contribution in [0.2, 0.25) is 0 Å². The molecule has 9 rings (SSSR count). The van der Waals surface area contributed by atoms with Crippen molar-refractivity contribution in [3.63, 3.8) is 0 Å². The van der Waals surface area contributed by atoms with E-state index in [9.17, 15) is 0 Å². The monoisotopic (exact) mass is 982 g/mol. The Morgan fingerprint density at radius 2 is 0.679 bits per heavy atom. The van der Waals surface area contributed by atoms with E-state index in [0.29, 0.717) is 0 Å². The second kappa shape index (κ2) is 16.1. The van der Waals surface area contributed by atoms with Crippen LogP contribution in [0.25, 0.3) is 67.6 Å². The zero-order chi connectivity index (χ0) is 38.2. The Hall–Kier alpha value is -4.60. The van der Waals surface area contributed by atoms with Crippen molar-refractivity contribution in [3.05, 3.63) is 190 Å². The Balaban J connectivity index is 1.33. The number of hydrogen-bond acceptors (Lipinski definition) is 2. The second-order valence-electron chi connectivity index (χ2n) is 13.9. The van der Waals surface area contributed by atoms with Gasteiger partial charge >= 0.3 is 0 Å². The highest BCUT2D eigenvalue weighted by atomic mass is 79.9. The first-order chi connectivity index (χ1) is 27.5. The quantitative estimate of drug-likeness (QED) is 0.149. The average Bonchev–Trinajstić information content (AvgIpc) is 4.07. The summed E-state index contributed by atoms with van der Waals surface area (Å²) >= 11 is 14.4. The van der Waals surface area contributed by atoms with Gasteiger partial charge in [-0.3, -0.25) is 0 Å². The molecular formula is C48H34Br4N4. The van der Waals surface area contributed by atoms with Crippen molar-refractivity contribution in [3.8, 4) is 22.3 Å². The Labute approximate surface area is 359 Å². The van der Waals surface area contributed by atoms with Gasteiger partial charge in [0, 0.05) is 54.6 Å². The van der Waals surface area contributed by atoms with Gasteiger partial charge in [0.05, 0.1) is 33.8 Å². The van der Waals surface area contributed by atoms with Gasteiger partial charge in [-0.2, -0.15) is 0 Å². The molecule has 0 saturated heterocycles. The zero-order valence-electron chi connectivity index (χ0n) is 30.1. The third kappa shape index (κ3) is 7.36. The minimum atomic E-state index is 0.807. The number of nitrogens with one attached hydrogen (secondary N) is 2. The predicted octanol–water partition coefficient (Wildman–Crippen LogP) is 14.4. The summed E-state index contributed by atoms with van der Waals surface area (Å²) in [5, 5.41) is 3.23. The molecule has 4 nitrogen and oxygen atoms in total. The normalized spacial score (nSPS) is 12.4. The van der Waals surface area contributed by atoms with E-state index >= 15 is 0 Å². The number of halogens is 4. The molecule has 5 heterocycles. The molecule has 0 fully saturated rings. The van der Waals surface area contributed by atoms with Gasteiger partial charge in [-0.15, -0.1) is 0 Å². The predicted molar refractivity (Wildman–Crippen MR) is 249 cm³/mol. The first-order valence-electron chi connectivity index (χ1n) is 18.3. The first kappa shape index (κ1) is 37.0. The van der Waals surface area contributed by atoms with Gasteiger partial charge in [0.25, 0.3) is 0 Å². The van der Waals surface area contributed by atoms with E-state index in [0.717, 1.165) is 111 Å². The van der Waals surface area contributed by atoms with Crippen LogP contribution in [0.5, 0.6) is 0 Å². The van der Waals surface area contributed by atoms with Crippen molar-refractivity contribution in [2.45, 2.75) is 21.3 Å². The van der Waals surface area contributed by atoms with Crippen LogP contribution in [0.3, 0.4) is 0 Å². The maximum Gasteiger partial charge on any atom is 0.0879 e. The molecule has 0 spiro atoms. The summed E-state index contributed by atoms with van der Waals surface area (Å²) in [5.74, 6) is 0. The number of hydrogen-bond donors (Lipinski definition) is 2. The molecule has 0 amide bonds. The molecule has 56 heavy (non-hydrogen) atoms. The van der Waals surface area contributed by atoms with E-state index in [2.05, 4.69) is 219 Å². The summed E-state index contributed by atoms with van der Waals surface area (Å²) in [6.07, 6.45) is 4.41. The third-order valence-electron chi connectivity index (χ3n) is 10.3. The van der Waals surface area contributed by atoms with E-state index in [1.807, 2.05) is 0 Å². The van der Waals surface area contributed by atoms with Crippen LogP contribution < -0.4 is 0 Å². The first-order valence-corrected chi connectivity index (χ1v) is 22.8. The van der Waals surface area contributed by atoms with E-state index in [4.69, 9.17) is 9.97 Å². The lowest BCUT2D eigenvalue weighted by Crippen LogP contribution is -1.86. The highest BCUT2D eigenvalue weighted by molar-refractivity contribution is 9.09. The van der Waals surface area contributed by atoms with Crippen LogP contribution in [0.4, 0.5) is 0 Å². The van der Waals surface area contributed by atoms with Crippen LogP contribution in [-0.4, -0.2) is 19.9 Å². The molecule has 274 valence electrons. The Morgan fingerprint density at radius 3 is 1.00 bits per heavy atom. The summed E-state index contributed by atoms with van der Waals surface area (Å²) in [5.41, 5.74) is 21.2. The lowest BCUT2D eigenvalue weighted by Gasteiger charge is -2.03. The number of rotatable bonds is 8. The van der Waals surface area contributed by atoms with Crippen LogP contribution in [0.15, 0.2) is 133 Å². The Bertz CT molecular complexity index is 2620. The fourth-order valence-corrected chi connectivity index (χ4v) is 8.73. The van der Waals surface area contributed by atoms with Crippen molar-refractivity contribution < 1.29 is 0 Å². The Kier molecular flexibility index (Phi) is 10.6. The van der Waals surface area contributed by atoms with Crippen molar-refractivity contribution in [2.24, 2.45) is 0 Å². The fraction of sp³-hybridized carbons (Fsp3) is 0.0833. The fourth-order valence-electron chi connectivity index (χ4n) is 7.23. The summed E-state index contributed by atoms with van der Waals surface area (Å²) < 4.78 is 0. The largest absolute Gasteiger partial charge is 0.353 e. The number of aromatic amines is 2. The van der Waals surface area contributed by atoms with Gasteiger partial charge in [0.1, 0.15) is 0 Å². The molecule has 0 saturated carbocycles. The smallest absolute Gasteiger partial charge is 0.0879 e. The molecular weight excluding hydrogens is 952 g/mol. The van der Waals surface area contributed by atoms with Crippen molar-refractivity contribution in [2.75, 3.05) is 0 Å². The molecule has 0 atom stereocenters. The SMILES string of the molecule is BrCc1ccc(C2=Cc3nc2ccc2[nH]c(cc2-c2ccc(CBr)cc2)c2nc(ccc4[nH]c3cc4-c3ccc(CBr)cc3)C(c3ccc(CBr)cc3)=C2)cc1. The number of benzene rings is 4. The zero-order valence-corrected chi connectivity index (χ0v) is 36.4. The topological polar surface area (TPSA) is 57.4 Å². The molecule has 0 unspecified atom stereocenters. The summed E-state index contributed by atoms with van der Waals surface area (Å²) in [6, 6.07) is 47.9. The van der Waals surface area contributed by atoms with Crippen LogP contribution in [-0.2, 0) is 21.3 Å². The van der Waals surface area contributed by atoms with E-state index in [-0.39, 0.29) is 0 Å². The van der Waals surface area contributed by atoms with Gasteiger partial charge in [0.15, 0.2) is 0 Å². The highest BCUT2D eigenvalue weighted by Crippen LogP contribution is 2.36. The molecule has 2 aliphatic rings. The lowest BCUT2D eigenvalue weighted by atomic mass is 10.0. The van der Waals surface area contributed by atoms with E-state index < -0.39 is 0 Å². The molecule has 8 bridgehead atoms. The van der Waals surface area contributed by atoms with Crippen molar-refractivity contribution in [1.29, 1.82) is 0 Å². The number of nitrogens with zero attached hydrogens (tertiary/aromatic N) is 2. The maximum absolute atomic E-state index is 5.30. The lowest BCUT2D eigenvalue weighted by molar-refractivity contribution is 1.30. The molecule has 3 aromatic heterocycles. The number of aromatic nitrogens is 4. The van der Waals surface area contributed by atoms with Crippen molar-refractivity contribution >= 4 is 109 Å². The Morgan fingerprint density at radius 1 is 0.357 bits per heavy atom. The van der Waals surface area contributed by atoms with Crippen LogP contribution in [0.1, 0.15) is 56.2 Å².